The van der Waals surface area contributed by atoms with E-state index in [4.69, 9.17) is 9.47 Å². The Balaban J connectivity index is 1.60. The van der Waals surface area contributed by atoms with Gasteiger partial charge in [0.05, 0.1) is 14.2 Å². The van der Waals surface area contributed by atoms with Gasteiger partial charge in [-0.2, -0.15) is 0 Å². The number of benzene rings is 2. The molecule has 6 heteroatoms. The second-order valence-corrected chi connectivity index (χ2v) is 6.93. The second kappa shape index (κ2) is 9.26. The summed E-state index contributed by atoms with van der Waals surface area (Å²) in [6.45, 7) is 0. The van der Waals surface area contributed by atoms with E-state index in [1.807, 2.05) is 0 Å². The first-order valence-electron chi connectivity index (χ1n) is 9.55. The third kappa shape index (κ3) is 4.82. The Morgan fingerprint density at radius 2 is 1.43 bits per heavy atom. The smallest absolute Gasteiger partial charge is 0.255 e. The fourth-order valence-electron chi connectivity index (χ4n) is 3.43. The first kappa shape index (κ1) is 19.7. The minimum absolute atomic E-state index is 0.0850. The quantitative estimate of drug-likeness (QED) is 0.772. The van der Waals surface area contributed by atoms with Crippen molar-refractivity contribution in [3.8, 4) is 11.5 Å². The van der Waals surface area contributed by atoms with Gasteiger partial charge in [-0.3, -0.25) is 9.59 Å². The fourth-order valence-corrected chi connectivity index (χ4v) is 3.43. The van der Waals surface area contributed by atoms with Crippen LogP contribution in [0.25, 0.3) is 0 Å². The number of hydrogen-bond donors (Lipinski definition) is 2. The van der Waals surface area contributed by atoms with Gasteiger partial charge in [-0.25, -0.2) is 0 Å². The van der Waals surface area contributed by atoms with Crippen molar-refractivity contribution in [2.75, 3.05) is 24.9 Å². The molecule has 2 N–H and O–H groups in total. The maximum atomic E-state index is 12.5. The van der Waals surface area contributed by atoms with Crippen LogP contribution in [-0.4, -0.2) is 26.0 Å². The number of ether oxygens (including phenoxy) is 2. The van der Waals surface area contributed by atoms with Crippen molar-refractivity contribution in [1.82, 2.24) is 0 Å². The zero-order chi connectivity index (χ0) is 19.9. The van der Waals surface area contributed by atoms with E-state index in [1.54, 1.807) is 49.6 Å². The van der Waals surface area contributed by atoms with E-state index in [9.17, 15) is 9.59 Å². The summed E-state index contributed by atoms with van der Waals surface area (Å²) in [7, 11) is 3.08. The maximum absolute atomic E-state index is 12.5. The number of anilines is 2. The van der Waals surface area contributed by atoms with Crippen molar-refractivity contribution in [2.24, 2.45) is 5.92 Å². The van der Waals surface area contributed by atoms with Gasteiger partial charge < -0.3 is 20.1 Å². The molecular formula is C22H26N2O4. The van der Waals surface area contributed by atoms with Crippen LogP contribution in [0.4, 0.5) is 11.4 Å². The molecule has 1 saturated carbocycles. The average molecular weight is 382 g/mol. The van der Waals surface area contributed by atoms with Gasteiger partial charge in [0.1, 0.15) is 0 Å². The Morgan fingerprint density at radius 1 is 0.821 bits per heavy atom. The van der Waals surface area contributed by atoms with Crippen LogP contribution in [0.1, 0.15) is 42.5 Å². The monoisotopic (exact) mass is 382 g/mol. The van der Waals surface area contributed by atoms with Gasteiger partial charge in [0.25, 0.3) is 5.91 Å². The lowest BCUT2D eigenvalue weighted by Crippen LogP contribution is -2.24. The van der Waals surface area contributed by atoms with Gasteiger partial charge >= 0.3 is 0 Å². The normalized spacial score (nSPS) is 14.2. The number of hydrogen-bond acceptors (Lipinski definition) is 4. The van der Waals surface area contributed by atoms with Crippen molar-refractivity contribution >= 4 is 23.2 Å². The molecule has 1 fully saturated rings. The molecule has 2 amide bonds. The highest BCUT2D eigenvalue weighted by molar-refractivity contribution is 6.04. The molecule has 1 aliphatic carbocycles. The lowest BCUT2D eigenvalue weighted by atomic mass is 9.88. The van der Waals surface area contributed by atoms with Gasteiger partial charge in [0.15, 0.2) is 11.5 Å². The van der Waals surface area contributed by atoms with Crippen molar-refractivity contribution < 1.29 is 19.1 Å². The zero-order valence-corrected chi connectivity index (χ0v) is 16.3. The molecule has 0 unspecified atom stereocenters. The summed E-state index contributed by atoms with van der Waals surface area (Å²) in [6.07, 6.45) is 5.40. The predicted octanol–water partition coefficient (Wildman–Crippen LogP) is 4.47. The Labute approximate surface area is 165 Å². The molecule has 0 spiro atoms. The Morgan fingerprint density at radius 3 is 2.04 bits per heavy atom. The van der Waals surface area contributed by atoms with Crippen molar-refractivity contribution in [1.29, 1.82) is 0 Å². The Hall–Kier alpha value is -3.02. The van der Waals surface area contributed by atoms with Crippen LogP contribution in [0, 0.1) is 5.92 Å². The first-order chi connectivity index (χ1) is 13.6. The summed E-state index contributed by atoms with van der Waals surface area (Å²) in [6, 6.07) is 12.1. The predicted molar refractivity (Wildman–Crippen MR) is 109 cm³/mol. The van der Waals surface area contributed by atoms with Gasteiger partial charge in [0, 0.05) is 22.9 Å². The largest absolute Gasteiger partial charge is 0.493 e. The molecule has 2 aromatic rings. The molecule has 0 saturated heterocycles. The molecule has 28 heavy (non-hydrogen) atoms. The van der Waals surface area contributed by atoms with Crippen LogP contribution >= 0.6 is 0 Å². The van der Waals surface area contributed by atoms with Crippen LogP contribution < -0.4 is 20.1 Å². The highest BCUT2D eigenvalue weighted by atomic mass is 16.5. The molecule has 6 nitrogen and oxygen atoms in total. The number of rotatable bonds is 6. The highest BCUT2D eigenvalue weighted by Crippen LogP contribution is 2.28. The van der Waals surface area contributed by atoms with E-state index >= 15 is 0 Å². The molecule has 0 heterocycles. The van der Waals surface area contributed by atoms with E-state index in [1.165, 1.54) is 13.5 Å². The molecule has 0 bridgehead atoms. The third-order valence-electron chi connectivity index (χ3n) is 5.03. The first-order valence-corrected chi connectivity index (χ1v) is 9.55. The average Bonchev–Trinajstić information content (AvgIpc) is 2.75. The molecule has 0 aromatic heterocycles. The molecule has 0 aliphatic heterocycles. The van der Waals surface area contributed by atoms with Crippen LogP contribution in [0.5, 0.6) is 11.5 Å². The van der Waals surface area contributed by atoms with Crippen molar-refractivity contribution in [3.05, 3.63) is 48.0 Å². The van der Waals surface area contributed by atoms with E-state index in [0.717, 1.165) is 31.4 Å². The van der Waals surface area contributed by atoms with Crippen LogP contribution in [-0.2, 0) is 4.79 Å². The van der Waals surface area contributed by atoms with Crippen molar-refractivity contribution in [3.63, 3.8) is 0 Å². The van der Waals surface area contributed by atoms with E-state index < -0.39 is 0 Å². The summed E-state index contributed by atoms with van der Waals surface area (Å²) in [5.41, 5.74) is 1.85. The number of carbonyl (C=O) groups excluding carboxylic acids is 2. The molecular weight excluding hydrogens is 356 g/mol. The van der Waals surface area contributed by atoms with Gasteiger partial charge in [-0.05, 0) is 55.3 Å². The lowest BCUT2D eigenvalue weighted by Gasteiger charge is -2.20. The van der Waals surface area contributed by atoms with Gasteiger partial charge in [-0.15, -0.1) is 0 Å². The summed E-state index contributed by atoms with van der Waals surface area (Å²) < 4.78 is 10.4. The minimum Gasteiger partial charge on any atom is -0.493 e. The number of carbonyl (C=O) groups is 2. The summed E-state index contributed by atoms with van der Waals surface area (Å²) in [4.78, 5) is 24.8. The molecule has 0 radical (unpaired) electrons. The Bertz CT molecular complexity index is 827. The van der Waals surface area contributed by atoms with Crippen molar-refractivity contribution in [2.45, 2.75) is 32.1 Å². The topological polar surface area (TPSA) is 76.7 Å². The standard InChI is InChI=1S/C22H26N2O4/c1-27-19-13-8-16(14-20(19)28-2)22(26)24-18-11-9-17(10-12-18)23-21(25)15-6-4-3-5-7-15/h8-15H,3-7H2,1-2H3,(H,23,25)(H,24,26). The molecule has 2 aromatic carbocycles. The third-order valence-corrected chi connectivity index (χ3v) is 5.03. The molecule has 148 valence electrons. The second-order valence-electron chi connectivity index (χ2n) is 6.93. The van der Waals surface area contributed by atoms with Crippen LogP contribution in [0.15, 0.2) is 42.5 Å². The summed E-state index contributed by atoms with van der Waals surface area (Å²) in [5.74, 6) is 1.01. The number of amides is 2. The Kier molecular flexibility index (Phi) is 6.53. The maximum Gasteiger partial charge on any atom is 0.255 e. The van der Waals surface area contributed by atoms with Gasteiger partial charge in [0.2, 0.25) is 5.91 Å². The summed E-state index contributed by atoms with van der Waals surface area (Å²) in [5, 5.41) is 5.81. The highest BCUT2D eigenvalue weighted by Gasteiger charge is 2.21. The van der Waals surface area contributed by atoms with E-state index in [0.29, 0.717) is 22.7 Å². The SMILES string of the molecule is COc1ccc(C(=O)Nc2ccc(NC(=O)C3CCCCC3)cc2)cc1OC. The summed E-state index contributed by atoms with van der Waals surface area (Å²) >= 11 is 0. The number of nitrogens with one attached hydrogen (secondary N) is 2. The van der Waals surface area contributed by atoms with Crippen LogP contribution in [0.3, 0.4) is 0 Å². The lowest BCUT2D eigenvalue weighted by molar-refractivity contribution is -0.120. The molecule has 1 aliphatic rings. The molecule has 3 rings (SSSR count). The van der Waals surface area contributed by atoms with Crippen LogP contribution in [0.2, 0.25) is 0 Å². The van der Waals surface area contributed by atoms with E-state index in [2.05, 4.69) is 10.6 Å². The minimum atomic E-state index is -0.250. The zero-order valence-electron chi connectivity index (χ0n) is 16.3. The fraction of sp³-hybridized carbons (Fsp3) is 0.364. The van der Waals surface area contributed by atoms with Gasteiger partial charge in [-0.1, -0.05) is 19.3 Å². The molecule has 0 atom stereocenters. The van der Waals surface area contributed by atoms with E-state index in [-0.39, 0.29) is 17.7 Å². The number of methoxy groups -OCH3 is 2.